The van der Waals surface area contributed by atoms with Gasteiger partial charge in [0.25, 0.3) is 0 Å². The van der Waals surface area contributed by atoms with E-state index in [0.29, 0.717) is 18.4 Å². The first-order valence-corrected chi connectivity index (χ1v) is 8.22. The minimum atomic E-state index is -4.40. The molecule has 0 aliphatic rings. The van der Waals surface area contributed by atoms with Gasteiger partial charge in [-0.05, 0) is 24.1 Å². The van der Waals surface area contributed by atoms with Crippen LogP contribution in [0.5, 0.6) is 0 Å². The number of halogens is 3. The quantitative estimate of drug-likeness (QED) is 0.707. The fraction of sp³-hybridized carbons (Fsp3) is 0.211. The lowest BCUT2D eigenvalue weighted by Gasteiger charge is -2.05. The second kappa shape index (κ2) is 8.03. The smallest absolute Gasteiger partial charge is 0.347 e. The van der Waals surface area contributed by atoms with E-state index in [1.54, 1.807) is 0 Å². The number of aromatic nitrogens is 2. The third-order valence-corrected chi connectivity index (χ3v) is 3.86. The predicted molar refractivity (Wildman–Crippen MR) is 91.3 cm³/mol. The summed E-state index contributed by atoms with van der Waals surface area (Å²) in [6, 6.07) is 14.1. The molecule has 1 amide bonds. The number of amides is 1. The van der Waals surface area contributed by atoms with Crippen molar-refractivity contribution in [3.63, 3.8) is 0 Å². The molecule has 0 bridgehead atoms. The highest BCUT2D eigenvalue weighted by Gasteiger charge is 2.30. The van der Waals surface area contributed by atoms with E-state index >= 15 is 0 Å². The van der Waals surface area contributed by atoms with Gasteiger partial charge in [-0.2, -0.15) is 18.2 Å². The van der Waals surface area contributed by atoms with Gasteiger partial charge in [0.05, 0.1) is 12.1 Å². The molecule has 3 aromatic rings. The molecule has 1 aromatic heterocycles. The molecule has 3 rings (SSSR count). The number of nitrogens with zero attached hydrogens (tertiary/aromatic N) is 2. The van der Waals surface area contributed by atoms with Crippen LogP contribution in [-0.2, 0) is 23.9 Å². The van der Waals surface area contributed by atoms with E-state index in [1.165, 1.54) is 12.1 Å². The monoisotopic (exact) mass is 375 g/mol. The molecule has 140 valence electrons. The molecule has 0 fully saturated rings. The molecule has 1 heterocycles. The summed E-state index contributed by atoms with van der Waals surface area (Å²) in [4.78, 5) is 16.0. The Bertz CT molecular complexity index is 891. The molecule has 0 radical (unpaired) electrons. The third kappa shape index (κ3) is 5.16. The fourth-order valence-corrected chi connectivity index (χ4v) is 2.42. The SMILES string of the molecule is O=C(CCc1ccccc1)NCc1nc(-c2ccc(C(F)(F)F)cc2)no1. The van der Waals surface area contributed by atoms with Crippen molar-refractivity contribution in [1.29, 1.82) is 0 Å². The van der Waals surface area contributed by atoms with Crippen LogP contribution >= 0.6 is 0 Å². The molecule has 5 nitrogen and oxygen atoms in total. The number of benzene rings is 2. The number of rotatable bonds is 6. The van der Waals surface area contributed by atoms with Gasteiger partial charge in [-0.15, -0.1) is 0 Å². The Hall–Kier alpha value is -3.16. The Morgan fingerprint density at radius 1 is 1.04 bits per heavy atom. The molecule has 2 aromatic carbocycles. The van der Waals surface area contributed by atoms with Crippen molar-refractivity contribution in [2.75, 3.05) is 0 Å². The lowest BCUT2D eigenvalue weighted by molar-refractivity contribution is -0.137. The summed E-state index contributed by atoms with van der Waals surface area (Å²) in [5, 5.41) is 6.41. The number of alkyl halides is 3. The molecule has 1 N–H and O–H groups in total. The lowest BCUT2D eigenvalue weighted by Crippen LogP contribution is -2.23. The summed E-state index contributed by atoms with van der Waals surface area (Å²) in [5.41, 5.74) is 0.712. The van der Waals surface area contributed by atoms with E-state index in [1.807, 2.05) is 30.3 Å². The predicted octanol–water partition coefficient (Wildman–Crippen LogP) is 4.00. The third-order valence-electron chi connectivity index (χ3n) is 3.86. The maximum absolute atomic E-state index is 12.6. The van der Waals surface area contributed by atoms with Crippen LogP contribution in [0.1, 0.15) is 23.4 Å². The molecule has 0 spiro atoms. The Morgan fingerprint density at radius 2 is 1.74 bits per heavy atom. The first-order chi connectivity index (χ1) is 12.9. The van der Waals surface area contributed by atoms with Crippen molar-refractivity contribution in [1.82, 2.24) is 15.5 Å². The highest BCUT2D eigenvalue weighted by Crippen LogP contribution is 2.30. The molecule has 0 saturated heterocycles. The molecule has 27 heavy (non-hydrogen) atoms. The van der Waals surface area contributed by atoms with Gasteiger partial charge in [0, 0.05) is 12.0 Å². The van der Waals surface area contributed by atoms with Crippen LogP contribution in [0.4, 0.5) is 13.2 Å². The summed E-state index contributed by atoms with van der Waals surface area (Å²) in [7, 11) is 0. The zero-order valence-electron chi connectivity index (χ0n) is 14.2. The average molecular weight is 375 g/mol. The van der Waals surface area contributed by atoms with Crippen LogP contribution in [0.3, 0.4) is 0 Å². The van der Waals surface area contributed by atoms with Crippen LogP contribution < -0.4 is 5.32 Å². The Kier molecular flexibility index (Phi) is 5.54. The summed E-state index contributed by atoms with van der Waals surface area (Å²) in [5.74, 6) is 0.184. The van der Waals surface area contributed by atoms with Gasteiger partial charge in [-0.25, -0.2) is 0 Å². The lowest BCUT2D eigenvalue weighted by atomic mass is 10.1. The zero-order valence-corrected chi connectivity index (χ0v) is 14.2. The van der Waals surface area contributed by atoms with Gasteiger partial charge >= 0.3 is 6.18 Å². The van der Waals surface area contributed by atoms with E-state index < -0.39 is 11.7 Å². The fourth-order valence-electron chi connectivity index (χ4n) is 2.42. The van der Waals surface area contributed by atoms with Crippen molar-refractivity contribution in [3.8, 4) is 11.4 Å². The molecular weight excluding hydrogens is 359 g/mol. The molecule has 0 aliphatic heterocycles. The summed E-state index contributed by atoms with van der Waals surface area (Å²) < 4.78 is 42.8. The number of aryl methyl sites for hydroxylation is 1. The highest BCUT2D eigenvalue weighted by molar-refractivity contribution is 5.76. The number of hydrogen-bond donors (Lipinski definition) is 1. The van der Waals surface area contributed by atoms with E-state index in [9.17, 15) is 18.0 Å². The van der Waals surface area contributed by atoms with Crippen molar-refractivity contribution >= 4 is 5.91 Å². The van der Waals surface area contributed by atoms with Crippen molar-refractivity contribution in [3.05, 3.63) is 71.6 Å². The number of carbonyl (C=O) groups is 1. The van der Waals surface area contributed by atoms with Gasteiger partial charge in [0.2, 0.25) is 17.6 Å². The Morgan fingerprint density at radius 3 is 2.41 bits per heavy atom. The first-order valence-electron chi connectivity index (χ1n) is 8.22. The minimum absolute atomic E-state index is 0.0568. The molecule has 0 aliphatic carbocycles. The molecule has 0 saturated carbocycles. The second-order valence-corrected chi connectivity index (χ2v) is 5.85. The van der Waals surface area contributed by atoms with E-state index in [2.05, 4.69) is 15.5 Å². The van der Waals surface area contributed by atoms with Crippen LogP contribution in [-0.4, -0.2) is 16.0 Å². The molecule has 8 heteroatoms. The van der Waals surface area contributed by atoms with Gasteiger partial charge < -0.3 is 9.84 Å². The molecular formula is C19H16F3N3O2. The topological polar surface area (TPSA) is 68.0 Å². The average Bonchev–Trinajstić information content (AvgIpc) is 3.14. The van der Waals surface area contributed by atoms with Crippen LogP contribution in [0.15, 0.2) is 59.1 Å². The van der Waals surface area contributed by atoms with Crippen molar-refractivity contribution < 1.29 is 22.5 Å². The largest absolute Gasteiger partial charge is 0.416 e. The van der Waals surface area contributed by atoms with E-state index in [4.69, 9.17) is 4.52 Å². The summed E-state index contributed by atoms with van der Waals surface area (Å²) >= 11 is 0. The Balaban J connectivity index is 1.52. The maximum Gasteiger partial charge on any atom is 0.416 e. The first kappa shape index (κ1) is 18.6. The number of nitrogens with one attached hydrogen (secondary N) is 1. The van der Waals surface area contributed by atoms with Crippen LogP contribution in [0, 0.1) is 0 Å². The van der Waals surface area contributed by atoms with Gasteiger partial charge in [-0.1, -0.05) is 47.6 Å². The normalized spacial score (nSPS) is 11.4. The van der Waals surface area contributed by atoms with E-state index in [-0.39, 0.29) is 24.2 Å². The number of carbonyl (C=O) groups excluding carboxylic acids is 1. The van der Waals surface area contributed by atoms with E-state index in [0.717, 1.165) is 17.7 Å². The maximum atomic E-state index is 12.6. The number of hydrogen-bond acceptors (Lipinski definition) is 4. The zero-order chi connectivity index (χ0) is 19.3. The van der Waals surface area contributed by atoms with Crippen molar-refractivity contribution in [2.45, 2.75) is 25.6 Å². The van der Waals surface area contributed by atoms with Crippen LogP contribution in [0.25, 0.3) is 11.4 Å². The standard InChI is InChI=1S/C19H16F3N3O2/c20-19(21,22)15-9-7-14(8-10-15)18-24-17(27-25-18)12-23-16(26)11-6-13-4-2-1-3-5-13/h1-5,7-10H,6,11-12H2,(H,23,26). The van der Waals surface area contributed by atoms with Gasteiger partial charge in [0.1, 0.15) is 0 Å². The van der Waals surface area contributed by atoms with Crippen LogP contribution in [0.2, 0.25) is 0 Å². The highest BCUT2D eigenvalue weighted by atomic mass is 19.4. The minimum Gasteiger partial charge on any atom is -0.347 e. The summed E-state index contributed by atoms with van der Waals surface area (Å²) in [6.45, 7) is 0.0568. The summed E-state index contributed by atoms with van der Waals surface area (Å²) in [6.07, 6.45) is -3.46. The van der Waals surface area contributed by atoms with Crippen molar-refractivity contribution in [2.24, 2.45) is 0 Å². The van der Waals surface area contributed by atoms with Gasteiger partial charge in [-0.3, -0.25) is 4.79 Å². The van der Waals surface area contributed by atoms with Gasteiger partial charge in [0.15, 0.2) is 0 Å². The second-order valence-electron chi connectivity index (χ2n) is 5.85. The Labute approximate surface area is 153 Å². The molecule has 0 atom stereocenters. The molecule has 0 unspecified atom stereocenters.